The monoisotopic (exact) mass is 178 g/mol. The molecular weight excluding hydrogens is 164 g/mol. The highest BCUT2D eigenvalue weighted by Gasteiger charge is 2.26. The summed E-state index contributed by atoms with van der Waals surface area (Å²) in [4.78, 5) is 0. The molecule has 0 saturated heterocycles. The molecule has 0 bridgehead atoms. The van der Waals surface area contributed by atoms with Crippen molar-refractivity contribution in [2.75, 3.05) is 17.7 Å². The molecule has 0 unspecified atom stereocenters. The number of hydrogen-bond acceptors (Lipinski definition) is 3. The molecule has 3 N–H and O–H groups in total. The van der Waals surface area contributed by atoms with Crippen molar-refractivity contribution in [3.8, 4) is 5.75 Å². The number of anilines is 2. The van der Waals surface area contributed by atoms with E-state index in [0.29, 0.717) is 6.61 Å². The van der Waals surface area contributed by atoms with Crippen LogP contribution in [0.5, 0.6) is 5.75 Å². The molecular formula is C10H14N2O. The smallest absolute Gasteiger partial charge is 0.144 e. The van der Waals surface area contributed by atoms with Crippen molar-refractivity contribution < 1.29 is 4.74 Å². The van der Waals surface area contributed by atoms with Crippen LogP contribution in [0.2, 0.25) is 0 Å². The van der Waals surface area contributed by atoms with Crippen LogP contribution in [0.3, 0.4) is 0 Å². The van der Waals surface area contributed by atoms with Crippen molar-refractivity contribution in [2.45, 2.75) is 19.4 Å². The van der Waals surface area contributed by atoms with Gasteiger partial charge in [-0.05, 0) is 26.0 Å². The van der Waals surface area contributed by atoms with E-state index in [-0.39, 0.29) is 5.54 Å². The van der Waals surface area contributed by atoms with E-state index in [0.717, 1.165) is 17.1 Å². The molecule has 0 fully saturated rings. The Hall–Kier alpha value is -1.38. The van der Waals surface area contributed by atoms with Crippen LogP contribution in [0.15, 0.2) is 18.2 Å². The van der Waals surface area contributed by atoms with Gasteiger partial charge in [-0.25, -0.2) is 0 Å². The summed E-state index contributed by atoms with van der Waals surface area (Å²) < 4.78 is 5.58. The largest absolute Gasteiger partial charge is 0.489 e. The number of benzene rings is 1. The van der Waals surface area contributed by atoms with E-state index >= 15 is 0 Å². The highest BCUT2D eigenvalue weighted by molar-refractivity contribution is 5.75. The molecule has 0 atom stereocenters. The van der Waals surface area contributed by atoms with Gasteiger partial charge in [-0.3, -0.25) is 0 Å². The molecule has 70 valence electrons. The van der Waals surface area contributed by atoms with Gasteiger partial charge in [0.05, 0.1) is 11.2 Å². The second-order valence-electron chi connectivity index (χ2n) is 4.02. The zero-order valence-electron chi connectivity index (χ0n) is 7.92. The molecule has 13 heavy (non-hydrogen) atoms. The van der Waals surface area contributed by atoms with E-state index in [1.54, 1.807) is 0 Å². The van der Waals surface area contributed by atoms with Crippen LogP contribution in [0.1, 0.15) is 13.8 Å². The Morgan fingerprint density at radius 3 is 3.00 bits per heavy atom. The molecule has 0 radical (unpaired) electrons. The Balaban J connectivity index is 2.44. The number of para-hydroxylation sites is 1. The van der Waals surface area contributed by atoms with Gasteiger partial charge < -0.3 is 15.8 Å². The zero-order chi connectivity index (χ0) is 9.47. The molecule has 3 heteroatoms. The second-order valence-corrected chi connectivity index (χ2v) is 4.02. The summed E-state index contributed by atoms with van der Waals surface area (Å²) in [5, 5.41) is 3.35. The summed E-state index contributed by atoms with van der Waals surface area (Å²) in [6, 6.07) is 5.69. The van der Waals surface area contributed by atoms with Crippen LogP contribution in [0.25, 0.3) is 0 Å². The number of fused-ring (bicyclic) bond motifs is 1. The fraction of sp³-hybridized carbons (Fsp3) is 0.400. The highest BCUT2D eigenvalue weighted by atomic mass is 16.5. The van der Waals surface area contributed by atoms with Gasteiger partial charge in [-0.1, -0.05) is 6.07 Å². The SMILES string of the molecule is CC1(C)COc2cccc(N)c2N1. The molecule has 1 aromatic carbocycles. The normalized spacial score (nSPS) is 18.3. The maximum Gasteiger partial charge on any atom is 0.144 e. The van der Waals surface area contributed by atoms with Crippen LogP contribution in [0.4, 0.5) is 11.4 Å². The standard InChI is InChI=1S/C10H14N2O/c1-10(2)6-13-8-5-3-4-7(11)9(8)12-10/h3-5,12H,6,11H2,1-2H3. The minimum atomic E-state index is -0.0392. The molecule has 0 amide bonds. The first-order chi connectivity index (χ1) is 6.08. The van der Waals surface area contributed by atoms with Gasteiger partial charge in [0.1, 0.15) is 18.0 Å². The van der Waals surface area contributed by atoms with E-state index in [1.807, 2.05) is 18.2 Å². The number of hydrogen-bond donors (Lipinski definition) is 2. The Morgan fingerprint density at radius 1 is 1.46 bits per heavy atom. The third-order valence-corrected chi connectivity index (χ3v) is 2.11. The van der Waals surface area contributed by atoms with Crippen LogP contribution in [0, 0.1) is 0 Å². The summed E-state index contributed by atoms with van der Waals surface area (Å²) in [7, 11) is 0. The fourth-order valence-corrected chi connectivity index (χ4v) is 1.43. The van der Waals surface area contributed by atoms with E-state index in [1.165, 1.54) is 0 Å². The van der Waals surface area contributed by atoms with Crippen molar-refractivity contribution in [3.05, 3.63) is 18.2 Å². The number of ether oxygens (including phenoxy) is 1. The van der Waals surface area contributed by atoms with Crippen LogP contribution < -0.4 is 15.8 Å². The molecule has 0 spiro atoms. The third-order valence-electron chi connectivity index (χ3n) is 2.11. The van der Waals surface area contributed by atoms with Crippen LogP contribution in [-0.4, -0.2) is 12.1 Å². The van der Waals surface area contributed by atoms with Gasteiger partial charge >= 0.3 is 0 Å². The summed E-state index contributed by atoms with van der Waals surface area (Å²) in [6.45, 7) is 4.84. The lowest BCUT2D eigenvalue weighted by molar-refractivity contribution is 0.242. The predicted molar refractivity (Wildman–Crippen MR) is 54.1 cm³/mol. The first kappa shape index (κ1) is 8.23. The molecule has 1 aliphatic heterocycles. The van der Waals surface area contributed by atoms with Crippen molar-refractivity contribution in [3.63, 3.8) is 0 Å². The number of nitrogens with one attached hydrogen (secondary N) is 1. The highest BCUT2D eigenvalue weighted by Crippen LogP contribution is 2.36. The van der Waals surface area contributed by atoms with Gasteiger partial charge in [0.2, 0.25) is 0 Å². The summed E-state index contributed by atoms with van der Waals surface area (Å²) in [5.74, 6) is 0.847. The maximum absolute atomic E-state index is 5.82. The average Bonchev–Trinajstić information content (AvgIpc) is 2.06. The number of rotatable bonds is 0. The predicted octanol–water partition coefficient (Wildman–Crippen LogP) is 1.85. The summed E-state index contributed by atoms with van der Waals surface area (Å²) >= 11 is 0. The lowest BCUT2D eigenvalue weighted by atomic mass is 10.0. The lowest BCUT2D eigenvalue weighted by Gasteiger charge is -2.34. The quantitative estimate of drug-likeness (QED) is 0.596. The van der Waals surface area contributed by atoms with Gasteiger partial charge in [0.15, 0.2) is 0 Å². The Labute approximate surface area is 77.9 Å². The lowest BCUT2D eigenvalue weighted by Crippen LogP contribution is -2.41. The molecule has 0 saturated carbocycles. The van der Waals surface area contributed by atoms with Crippen molar-refractivity contribution in [2.24, 2.45) is 0 Å². The molecule has 1 aliphatic rings. The number of nitrogen functional groups attached to an aromatic ring is 1. The van der Waals surface area contributed by atoms with Crippen molar-refractivity contribution in [1.82, 2.24) is 0 Å². The van der Waals surface area contributed by atoms with Gasteiger partial charge in [0.25, 0.3) is 0 Å². The van der Waals surface area contributed by atoms with Crippen molar-refractivity contribution >= 4 is 11.4 Å². The molecule has 0 aromatic heterocycles. The number of nitrogens with two attached hydrogens (primary N) is 1. The molecule has 2 rings (SSSR count). The Bertz CT molecular complexity index is 334. The molecule has 1 aromatic rings. The molecule has 0 aliphatic carbocycles. The van der Waals surface area contributed by atoms with Crippen LogP contribution in [-0.2, 0) is 0 Å². The first-order valence-electron chi connectivity index (χ1n) is 4.38. The average molecular weight is 178 g/mol. The van der Waals surface area contributed by atoms with E-state index in [4.69, 9.17) is 10.5 Å². The summed E-state index contributed by atoms with van der Waals surface area (Å²) in [5.41, 5.74) is 7.44. The van der Waals surface area contributed by atoms with Crippen molar-refractivity contribution in [1.29, 1.82) is 0 Å². The molecule has 3 nitrogen and oxygen atoms in total. The van der Waals surface area contributed by atoms with E-state index < -0.39 is 0 Å². The second kappa shape index (κ2) is 2.55. The maximum atomic E-state index is 5.82. The molecule has 1 heterocycles. The topological polar surface area (TPSA) is 47.3 Å². The van der Waals surface area contributed by atoms with Gasteiger partial charge in [-0.2, -0.15) is 0 Å². The van der Waals surface area contributed by atoms with E-state index in [9.17, 15) is 0 Å². The minimum absolute atomic E-state index is 0.0392. The van der Waals surface area contributed by atoms with Gasteiger partial charge in [-0.15, -0.1) is 0 Å². The Morgan fingerprint density at radius 2 is 2.23 bits per heavy atom. The first-order valence-corrected chi connectivity index (χ1v) is 4.38. The fourth-order valence-electron chi connectivity index (χ4n) is 1.43. The summed E-state index contributed by atoms with van der Waals surface area (Å²) in [6.07, 6.45) is 0. The van der Waals surface area contributed by atoms with Crippen LogP contribution >= 0.6 is 0 Å². The third kappa shape index (κ3) is 1.41. The van der Waals surface area contributed by atoms with Gasteiger partial charge in [0, 0.05) is 0 Å². The zero-order valence-corrected chi connectivity index (χ0v) is 7.92. The van der Waals surface area contributed by atoms with E-state index in [2.05, 4.69) is 19.2 Å². The minimum Gasteiger partial charge on any atom is -0.489 e. The Kier molecular flexibility index (Phi) is 1.62.